The largest absolute Gasteiger partial charge is 0.297 e. The molecule has 0 spiro atoms. The molecular weight excluding hydrogens is 276 g/mol. The van der Waals surface area contributed by atoms with E-state index in [-0.39, 0.29) is 5.54 Å². The van der Waals surface area contributed by atoms with Crippen molar-refractivity contribution in [2.45, 2.75) is 61.9 Å². The van der Waals surface area contributed by atoms with Crippen molar-refractivity contribution in [1.82, 2.24) is 14.7 Å². The third kappa shape index (κ3) is 4.44. The highest BCUT2D eigenvalue weighted by Crippen LogP contribution is 2.28. The van der Waals surface area contributed by atoms with Gasteiger partial charge in [0.2, 0.25) is 0 Å². The quantitative estimate of drug-likeness (QED) is 0.590. The van der Waals surface area contributed by atoms with Gasteiger partial charge in [-0.15, -0.1) is 0 Å². The molecule has 1 heterocycles. The maximum absolute atomic E-state index is 9.43. The van der Waals surface area contributed by atoms with Crippen LogP contribution in [0.15, 0.2) is 4.34 Å². The van der Waals surface area contributed by atoms with Crippen LogP contribution in [0.2, 0.25) is 0 Å². The molecule has 19 heavy (non-hydrogen) atoms. The molecule has 6 heteroatoms. The summed E-state index contributed by atoms with van der Waals surface area (Å²) in [7, 11) is 0. The number of nitrogens with one attached hydrogen (secondary N) is 1. The van der Waals surface area contributed by atoms with Gasteiger partial charge in [-0.2, -0.15) is 9.64 Å². The first-order chi connectivity index (χ1) is 9.17. The number of thioether (sulfide) groups is 1. The van der Waals surface area contributed by atoms with Crippen LogP contribution in [0.3, 0.4) is 0 Å². The molecule has 0 radical (unpaired) electrons. The minimum Gasteiger partial charge on any atom is -0.297 e. The van der Waals surface area contributed by atoms with Crippen LogP contribution in [0.1, 0.15) is 44.9 Å². The fraction of sp³-hybridized carbons (Fsp3) is 0.769. The van der Waals surface area contributed by atoms with Crippen molar-refractivity contribution in [3.05, 3.63) is 5.82 Å². The Balaban J connectivity index is 1.74. The lowest BCUT2D eigenvalue weighted by Crippen LogP contribution is -2.44. The zero-order valence-electron chi connectivity index (χ0n) is 11.5. The molecule has 0 aromatic carbocycles. The highest BCUT2D eigenvalue weighted by molar-refractivity contribution is 8.00. The van der Waals surface area contributed by atoms with E-state index < -0.39 is 0 Å². The highest BCUT2D eigenvalue weighted by Gasteiger charge is 2.34. The Kier molecular flexibility index (Phi) is 5.20. The number of aryl methyl sites for hydroxylation is 1. The van der Waals surface area contributed by atoms with Gasteiger partial charge < -0.3 is 0 Å². The van der Waals surface area contributed by atoms with E-state index in [0.29, 0.717) is 6.04 Å². The molecule has 1 aromatic heterocycles. The van der Waals surface area contributed by atoms with Gasteiger partial charge in [0.05, 0.1) is 6.07 Å². The van der Waals surface area contributed by atoms with Gasteiger partial charge in [-0.1, -0.05) is 18.7 Å². The zero-order chi connectivity index (χ0) is 13.7. The zero-order valence-corrected chi connectivity index (χ0v) is 13.1. The van der Waals surface area contributed by atoms with Gasteiger partial charge in [0.1, 0.15) is 11.4 Å². The van der Waals surface area contributed by atoms with E-state index in [9.17, 15) is 5.26 Å². The van der Waals surface area contributed by atoms with E-state index in [2.05, 4.69) is 27.7 Å². The Hall–Kier alpha value is -0.640. The molecule has 4 nitrogen and oxygen atoms in total. The Morgan fingerprint density at radius 3 is 2.89 bits per heavy atom. The molecular formula is C13H20N4S2. The van der Waals surface area contributed by atoms with Crippen LogP contribution < -0.4 is 5.32 Å². The third-order valence-corrected chi connectivity index (χ3v) is 5.37. The molecule has 0 aliphatic heterocycles. The third-order valence-electron chi connectivity index (χ3n) is 3.36. The fourth-order valence-corrected chi connectivity index (χ4v) is 3.66. The smallest absolute Gasteiger partial charge is 0.170 e. The van der Waals surface area contributed by atoms with Gasteiger partial charge in [0.25, 0.3) is 0 Å². The Morgan fingerprint density at radius 2 is 2.37 bits per heavy atom. The minimum absolute atomic E-state index is 0.321. The second kappa shape index (κ2) is 6.69. The van der Waals surface area contributed by atoms with E-state index in [1.54, 1.807) is 11.8 Å². The molecule has 0 saturated heterocycles. The lowest BCUT2D eigenvalue weighted by atomic mass is 9.92. The standard InChI is InChI=1S/C13H20N4S2/c1-3-13(9-14,16-11-5-6-11)7-4-8-18-12-15-10(2)17-19-12/h11,16H,3-8H2,1-2H3. The first-order valence-electron chi connectivity index (χ1n) is 6.79. The summed E-state index contributed by atoms with van der Waals surface area (Å²) >= 11 is 3.21. The second-order valence-electron chi connectivity index (χ2n) is 5.03. The summed E-state index contributed by atoms with van der Waals surface area (Å²) in [6, 6.07) is 3.08. The van der Waals surface area contributed by atoms with Crippen LogP contribution in [-0.2, 0) is 0 Å². The van der Waals surface area contributed by atoms with Gasteiger partial charge in [-0.05, 0) is 50.6 Å². The van der Waals surface area contributed by atoms with E-state index in [1.807, 2.05) is 6.92 Å². The maximum atomic E-state index is 9.43. The molecule has 1 aliphatic carbocycles. The van der Waals surface area contributed by atoms with Crippen LogP contribution in [-0.4, -0.2) is 26.7 Å². The van der Waals surface area contributed by atoms with Crippen LogP contribution in [0.25, 0.3) is 0 Å². The normalized spacial score (nSPS) is 17.9. The molecule has 1 N–H and O–H groups in total. The average molecular weight is 296 g/mol. The first kappa shape index (κ1) is 14.8. The molecule has 1 aromatic rings. The number of aromatic nitrogens is 2. The van der Waals surface area contributed by atoms with E-state index in [0.717, 1.165) is 35.2 Å². The second-order valence-corrected chi connectivity index (χ2v) is 7.12. The predicted octanol–water partition coefficient (Wildman–Crippen LogP) is 3.14. The summed E-state index contributed by atoms with van der Waals surface area (Å²) in [6.07, 6.45) is 5.28. The van der Waals surface area contributed by atoms with Crippen molar-refractivity contribution in [1.29, 1.82) is 5.26 Å². The number of hydrogen-bond donors (Lipinski definition) is 1. The van der Waals surface area contributed by atoms with Crippen molar-refractivity contribution < 1.29 is 0 Å². The van der Waals surface area contributed by atoms with Gasteiger partial charge in [-0.3, -0.25) is 5.32 Å². The van der Waals surface area contributed by atoms with E-state index in [1.165, 1.54) is 24.4 Å². The van der Waals surface area contributed by atoms with Crippen LogP contribution in [0, 0.1) is 18.3 Å². The maximum Gasteiger partial charge on any atom is 0.170 e. The molecule has 1 aliphatic rings. The lowest BCUT2D eigenvalue weighted by Gasteiger charge is -2.26. The average Bonchev–Trinajstić information content (AvgIpc) is 3.14. The van der Waals surface area contributed by atoms with E-state index in [4.69, 9.17) is 0 Å². The Labute approximate surface area is 123 Å². The van der Waals surface area contributed by atoms with Crippen LogP contribution in [0.5, 0.6) is 0 Å². The summed E-state index contributed by atoms with van der Waals surface area (Å²) in [6.45, 7) is 4.01. The summed E-state index contributed by atoms with van der Waals surface area (Å²) in [5.41, 5.74) is -0.321. The van der Waals surface area contributed by atoms with Crippen molar-refractivity contribution in [3.8, 4) is 6.07 Å². The highest BCUT2D eigenvalue weighted by atomic mass is 32.2. The fourth-order valence-electron chi connectivity index (χ4n) is 2.01. The SMILES string of the molecule is CCC(C#N)(CCCSc1nc(C)ns1)NC1CC1. The molecule has 104 valence electrons. The molecule has 2 rings (SSSR count). The summed E-state index contributed by atoms with van der Waals surface area (Å²) in [5, 5.41) is 12.9. The molecule has 1 saturated carbocycles. The molecule has 1 fully saturated rings. The number of nitriles is 1. The number of rotatable bonds is 8. The van der Waals surface area contributed by atoms with Gasteiger partial charge in [-0.25, -0.2) is 4.98 Å². The van der Waals surface area contributed by atoms with Crippen molar-refractivity contribution >= 4 is 23.3 Å². The monoisotopic (exact) mass is 296 g/mol. The summed E-state index contributed by atoms with van der Waals surface area (Å²) in [5.74, 6) is 1.85. The van der Waals surface area contributed by atoms with Crippen molar-refractivity contribution in [3.63, 3.8) is 0 Å². The molecule has 0 bridgehead atoms. The van der Waals surface area contributed by atoms with E-state index >= 15 is 0 Å². The molecule has 1 atom stereocenters. The van der Waals surface area contributed by atoms with Gasteiger partial charge in [0, 0.05) is 11.8 Å². The predicted molar refractivity (Wildman–Crippen MR) is 79.4 cm³/mol. The van der Waals surface area contributed by atoms with Crippen molar-refractivity contribution in [2.24, 2.45) is 0 Å². The number of nitrogens with zero attached hydrogens (tertiary/aromatic N) is 3. The van der Waals surface area contributed by atoms with Crippen molar-refractivity contribution in [2.75, 3.05) is 5.75 Å². The molecule has 1 unspecified atom stereocenters. The topological polar surface area (TPSA) is 61.6 Å². The number of hydrogen-bond acceptors (Lipinski definition) is 6. The van der Waals surface area contributed by atoms with Gasteiger partial charge in [0.15, 0.2) is 4.34 Å². The lowest BCUT2D eigenvalue weighted by molar-refractivity contribution is 0.367. The minimum atomic E-state index is -0.321. The van der Waals surface area contributed by atoms with Crippen LogP contribution >= 0.6 is 23.3 Å². The Morgan fingerprint density at radius 1 is 1.58 bits per heavy atom. The Bertz CT molecular complexity index is 450. The van der Waals surface area contributed by atoms with Gasteiger partial charge >= 0.3 is 0 Å². The summed E-state index contributed by atoms with van der Waals surface area (Å²) in [4.78, 5) is 4.33. The first-order valence-corrected chi connectivity index (χ1v) is 8.55. The molecule has 0 amide bonds. The summed E-state index contributed by atoms with van der Waals surface area (Å²) < 4.78 is 5.20. The van der Waals surface area contributed by atoms with Crippen LogP contribution in [0.4, 0.5) is 0 Å².